The van der Waals surface area contributed by atoms with E-state index in [1.54, 1.807) is 19.2 Å². The minimum atomic E-state index is -0.938. The number of benzene rings is 1. The normalized spacial score (nSPS) is 18.2. The molecule has 1 spiro atoms. The minimum Gasteiger partial charge on any atom is -0.496 e. The Morgan fingerprint density at radius 3 is 2.74 bits per heavy atom. The van der Waals surface area contributed by atoms with Crippen molar-refractivity contribution in [1.29, 1.82) is 0 Å². The number of carbonyl (C=O) groups excluding carboxylic acids is 1. The van der Waals surface area contributed by atoms with E-state index in [9.17, 15) is 14.7 Å². The van der Waals surface area contributed by atoms with E-state index in [1.165, 1.54) is 0 Å². The highest BCUT2D eigenvalue weighted by molar-refractivity contribution is 5.97. The highest BCUT2D eigenvalue weighted by atomic mass is 16.5. The average Bonchev–Trinajstić information content (AvgIpc) is 3.08. The molecule has 4 rings (SSSR count). The van der Waals surface area contributed by atoms with Crippen LogP contribution in [0, 0.1) is 18.3 Å². The number of nitrogens with zero attached hydrogens (tertiary/aromatic N) is 2. The molecule has 1 fully saturated rings. The van der Waals surface area contributed by atoms with Crippen molar-refractivity contribution in [2.75, 3.05) is 26.9 Å². The number of nitrogens with one attached hydrogen (secondary N) is 1. The first-order valence-corrected chi connectivity index (χ1v) is 12.1. The fraction of sp³-hybridized carbons (Fsp3) is 0.577. The summed E-state index contributed by atoms with van der Waals surface area (Å²) in [6, 6.07) is 3.32. The van der Waals surface area contributed by atoms with E-state index in [0.717, 1.165) is 47.3 Å². The molecule has 1 aromatic carbocycles. The Morgan fingerprint density at radius 1 is 1.35 bits per heavy atom. The molecule has 2 aromatic rings. The molecular weight excluding hydrogens is 434 g/mol. The van der Waals surface area contributed by atoms with Crippen molar-refractivity contribution in [2.45, 2.75) is 59.4 Å². The number of hydrogen-bond acceptors (Lipinski definition) is 5. The van der Waals surface area contributed by atoms with Crippen LogP contribution in [0.1, 0.15) is 69.9 Å². The summed E-state index contributed by atoms with van der Waals surface area (Å²) in [6.45, 7) is 8.73. The van der Waals surface area contributed by atoms with Crippen LogP contribution >= 0.6 is 0 Å². The second kappa shape index (κ2) is 9.78. The van der Waals surface area contributed by atoms with Gasteiger partial charge in [0.2, 0.25) is 0 Å². The van der Waals surface area contributed by atoms with Gasteiger partial charge in [-0.25, -0.2) is 4.79 Å². The summed E-state index contributed by atoms with van der Waals surface area (Å²) >= 11 is 0. The number of ether oxygens (including phenoxy) is 2. The molecule has 1 atom stereocenters. The van der Waals surface area contributed by atoms with Crippen molar-refractivity contribution in [2.24, 2.45) is 11.3 Å². The maximum Gasteiger partial charge on any atom is 0.335 e. The predicted molar refractivity (Wildman–Crippen MR) is 128 cm³/mol. The second-order valence-electron chi connectivity index (χ2n) is 9.81. The quantitative estimate of drug-likeness (QED) is 0.644. The van der Waals surface area contributed by atoms with Crippen LogP contribution in [0.3, 0.4) is 0 Å². The van der Waals surface area contributed by atoms with Crippen LogP contribution in [-0.2, 0) is 30.5 Å². The van der Waals surface area contributed by atoms with E-state index in [2.05, 4.69) is 12.2 Å². The molecule has 1 amide bonds. The zero-order valence-electron chi connectivity index (χ0n) is 20.6. The zero-order chi connectivity index (χ0) is 24.5. The largest absolute Gasteiger partial charge is 0.496 e. The fourth-order valence-electron chi connectivity index (χ4n) is 5.45. The van der Waals surface area contributed by atoms with Gasteiger partial charge in [0.05, 0.1) is 29.6 Å². The molecule has 1 saturated heterocycles. The monoisotopic (exact) mass is 469 g/mol. The molecule has 184 valence electrons. The van der Waals surface area contributed by atoms with Gasteiger partial charge in [0.25, 0.3) is 5.91 Å². The van der Waals surface area contributed by atoms with Crippen molar-refractivity contribution in [1.82, 2.24) is 15.1 Å². The molecule has 0 saturated carbocycles. The summed E-state index contributed by atoms with van der Waals surface area (Å²) in [4.78, 5) is 24.9. The molecule has 2 aliphatic rings. The lowest BCUT2D eigenvalue weighted by atomic mass is 9.76. The van der Waals surface area contributed by atoms with Gasteiger partial charge in [0.15, 0.2) is 0 Å². The Labute approximate surface area is 200 Å². The second-order valence-corrected chi connectivity index (χ2v) is 9.81. The van der Waals surface area contributed by atoms with Gasteiger partial charge in [-0.05, 0) is 73.6 Å². The topological polar surface area (TPSA) is 103 Å². The lowest BCUT2D eigenvalue weighted by Gasteiger charge is -2.36. The van der Waals surface area contributed by atoms with Crippen LogP contribution in [-0.4, -0.2) is 53.6 Å². The Hall–Kier alpha value is -2.87. The van der Waals surface area contributed by atoms with Crippen molar-refractivity contribution in [3.63, 3.8) is 0 Å². The van der Waals surface area contributed by atoms with Gasteiger partial charge >= 0.3 is 5.97 Å². The van der Waals surface area contributed by atoms with Crippen LogP contribution in [0.25, 0.3) is 0 Å². The first-order valence-electron chi connectivity index (χ1n) is 12.1. The van der Waals surface area contributed by atoms with Crippen LogP contribution in [0.5, 0.6) is 5.75 Å². The van der Waals surface area contributed by atoms with Crippen molar-refractivity contribution >= 4 is 11.9 Å². The molecule has 0 radical (unpaired) electrons. The van der Waals surface area contributed by atoms with Crippen molar-refractivity contribution < 1.29 is 24.2 Å². The van der Waals surface area contributed by atoms with E-state index in [-0.39, 0.29) is 17.2 Å². The van der Waals surface area contributed by atoms with E-state index < -0.39 is 5.97 Å². The number of carbonyl (C=O) groups is 2. The molecule has 2 N–H and O–H groups in total. The van der Waals surface area contributed by atoms with Crippen LogP contribution < -0.4 is 10.1 Å². The number of methoxy groups -OCH3 is 1. The van der Waals surface area contributed by atoms with E-state index in [1.807, 2.05) is 18.5 Å². The van der Waals surface area contributed by atoms with Gasteiger partial charge < -0.3 is 19.9 Å². The van der Waals surface area contributed by atoms with E-state index in [4.69, 9.17) is 14.6 Å². The van der Waals surface area contributed by atoms with Crippen LogP contribution in [0.4, 0.5) is 0 Å². The number of carboxylic acid groups (broad SMARTS) is 1. The standard InChI is InChI=1S/C26H35N3O5/c1-5-20-23-21(13-26(15-27-24(23)30)8-10-34-11-9-26)29(28-20)14-16(2)12-19-17(3)22(33-4)7-6-18(19)25(31)32/h6-7,16H,5,8-15H2,1-4H3,(H,27,30)(H,31,32)/t16-/m1/s1. The van der Waals surface area contributed by atoms with Gasteiger partial charge in [-0.3, -0.25) is 9.48 Å². The molecule has 8 heteroatoms. The number of rotatable bonds is 7. The zero-order valence-corrected chi connectivity index (χ0v) is 20.6. The first-order chi connectivity index (χ1) is 16.3. The summed E-state index contributed by atoms with van der Waals surface area (Å²) < 4.78 is 13.1. The predicted octanol–water partition coefficient (Wildman–Crippen LogP) is 3.42. The molecular formula is C26H35N3O5. The van der Waals surface area contributed by atoms with Gasteiger partial charge in [-0.2, -0.15) is 5.10 Å². The minimum absolute atomic E-state index is 0.00887. The summed E-state index contributed by atoms with van der Waals surface area (Å²) in [6.07, 6.45) is 3.89. The van der Waals surface area contributed by atoms with Gasteiger partial charge in [0.1, 0.15) is 5.75 Å². The third-order valence-corrected chi connectivity index (χ3v) is 7.45. The smallest absolute Gasteiger partial charge is 0.335 e. The maximum absolute atomic E-state index is 13.1. The number of fused-ring (bicyclic) bond motifs is 1. The SMILES string of the molecule is CCc1nn(C[C@H](C)Cc2c(C(=O)O)ccc(OC)c2C)c2c1C(=O)NCC1(CCOCC1)C2. The maximum atomic E-state index is 13.1. The van der Waals surface area contributed by atoms with Gasteiger partial charge in [-0.15, -0.1) is 0 Å². The Morgan fingerprint density at radius 2 is 2.09 bits per heavy atom. The van der Waals surface area contributed by atoms with E-state index >= 15 is 0 Å². The van der Waals surface area contributed by atoms with Crippen LogP contribution in [0.2, 0.25) is 0 Å². The highest BCUT2D eigenvalue weighted by Gasteiger charge is 2.39. The highest BCUT2D eigenvalue weighted by Crippen LogP contribution is 2.37. The first kappa shape index (κ1) is 24.3. The fourth-order valence-corrected chi connectivity index (χ4v) is 5.45. The molecule has 0 bridgehead atoms. The number of hydrogen-bond donors (Lipinski definition) is 2. The summed E-state index contributed by atoms with van der Waals surface area (Å²) in [7, 11) is 1.60. The summed E-state index contributed by atoms with van der Waals surface area (Å²) in [5.74, 6) is -0.181. The van der Waals surface area contributed by atoms with Crippen molar-refractivity contribution in [3.8, 4) is 5.75 Å². The Kier molecular flexibility index (Phi) is 6.98. The van der Waals surface area contributed by atoms with Crippen LogP contribution in [0.15, 0.2) is 12.1 Å². The molecule has 3 heterocycles. The van der Waals surface area contributed by atoms with Gasteiger partial charge in [-0.1, -0.05) is 13.8 Å². The lowest BCUT2D eigenvalue weighted by molar-refractivity contribution is 0.0152. The number of aromatic carboxylic acids is 1. The summed E-state index contributed by atoms with van der Waals surface area (Å²) in [5.41, 5.74) is 4.48. The molecule has 8 nitrogen and oxygen atoms in total. The number of amides is 1. The Balaban J connectivity index is 1.66. The Bertz CT molecular complexity index is 1080. The lowest BCUT2D eigenvalue weighted by Crippen LogP contribution is -2.40. The molecule has 34 heavy (non-hydrogen) atoms. The van der Waals surface area contributed by atoms with Gasteiger partial charge in [0, 0.05) is 26.3 Å². The molecule has 2 aliphatic heterocycles. The average molecular weight is 470 g/mol. The van der Waals surface area contributed by atoms with Crippen molar-refractivity contribution in [3.05, 3.63) is 45.8 Å². The number of aromatic nitrogens is 2. The number of carboxylic acids is 1. The third kappa shape index (κ3) is 4.56. The molecule has 1 aromatic heterocycles. The summed E-state index contributed by atoms with van der Waals surface area (Å²) in [5, 5.41) is 17.8. The number of aryl methyl sites for hydroxylation is 1. The van der Waals surface area contributed by atoms with E-state index in [0.29, 0.717) is 50.5 Å². The molecule has 0 unspecified atom stereocenters. The molecule has 0 aliphatic carbocycles. The third-order valence-electron chi connectivity index (χ3n) is 7.45.